The van der Waals surface area contributed by atoms with Crippen LogP contribution in [-0.4, -0.2) is 20.3 Å². The number of halogens is 1. The second-order valence-electron chi connectivity index (χ2n) is 5.12. The molecule has 118 valence electrons. The summed E-state index contributed by atoms with van der Waals surface area (Å²) in [6.45, 7) is 0. The van der Waals surface area contributed by atoms with Crippen molar-refractivity contribution in [3.8, 4) is 11.3 Å². The molecule has 3 heterocycles. The Bertz CT molecular complexity index is 977. The van der Waals surface area contributed by atoms with Crippen LogP contribution in [0, 0.1) is 0 Å². The van der Waals surface area contributed by atoms with Crippen LogP contribution in [0.2, 0.25) is 5.15 Å². The van der Waals surface area contributed by atoms with Gasteiger partial charge < -0.3 is 5.32 Å². The molecule has 0 aliphatic rings. The van der Waals surface area contributed by atoms with E-state index in [1.54, 1.807) is 23.5 Å². The minimum atomic E-state index is -0.227. The van der Waals surface area contributed by atoms with Crippen LogP contribution in [0.1, 0.15) is 10.4 Å². The summed E-state index contributed by atoms with van der Waals surface area (Å²) >= 11 is 7.32. The molecule has 0 saturated carbocycles. The quantitative estimate of drug-likeness (QED) is 0.556. The predicted molar refractivity (Wildman–Crippen MR) is 95.7 cm³/mol. The van der Waals surface area contributed by atoms with Crippen LogP contribution in [0.4, 0.5) is 5.69 Å². The molecule has 0 atom stereocenters. The number of anilines is 1. The number of nitrogens with one attached hydrogen (secondary N) is 1. The number of carbonyl (C=O) groups is 1. The van der Waals surface area contributed by atoms with Crippen LogP contribution in [0.15, 0.2) is 60.4 Å². The Labute approximate surface area is 146 Å². The lowest BCUT2D eigenvalue weighted by atomic mass is 10.1. The highest BCUT2D eigenvalue weighted by Gasteiger charge is 2.08. The molecule has 0 bridgehead atoms. The van der Waals surface area contributed by atoms with Crippen molar-refractivity contribution in [2.75, 3.05) is 5.32 Å². The first-order valence-corrected chi connectivity index (χ1v) is 8.40. The van der Waals surface area contributed by atoms with Gasteiger partial charge in [0.1, 0.15) is 5.15 Å². The van der Waals surface area contributed by atoms with Gasteiger partial charge in [0.2, 0.25) is 0 Å². The number of hydrogen-bond acceptors (Lipinski definition) is 4. The number of nitrogens with zero attached hydrogens (tertiary/aromatic N) is 3. The van der Waals surface area contributed by atoms with Gasteiger partial charge in [-0.05, 0) is 24.3 Å². The zero-order valence-electron chi connectivity index (χ0n) is 12.3. The molecular formula is C17H11ClN4OS. The standard InChI is InChI=1S/C17H11ClN4OS/c18-15-6-3-12(9-19-15)16(23)20-13-4-1-11(2-5-13)14-10-22-7-8-24-17(22)21-14/h1-10H,(H,20,23). The highest BCUT2D eigenvalue weighted by atomic mass is 35.5. The summed E-state index contributed by atoms with van der Waals surface area (Å²) in [7, 11) is 0. The van der Waals surface area contributed by atoms with Crippen molar-refractivity contribution in [1.82, 2.24) is 14.4 Å². The fourth-order valence-corrected chi connectivity index (χ4v) is 3.12. The lowest BCUT2D eigenvalue weighted by Gasteiger charge is -2.06. The van der Waals surface area contributed by atoms with Crippen molar-refractivity contribution in [2.24, 2.45) is 0 Å². The zero-order chi connectivity index (χ0) is 16.5. The molecule has 0 aliphatic heterocycles. The number of carbonyl (C=O) groups excluding carboxylic acids is 1. The molecule has 24 heavy (non-hydrogen) atoms. The number of thiazole rings is 1. The van der Waals surface area contributed by atoms with Crippen molar-refractivity contribution in [3.05, 3.63) is 71.1 Å². The van der Waals surface area contributed by atoms with Crippen LogP contribution >= 0.6 is 22.9 Å². The van der Waals surface area contributed by atoms with Crippen molar-refractivity contribution in [1.29, 1.82) is 0 Å². The van der Waals surface area contributed by atoms with Crippen LogP contribution < -0.4 is 5.32 Å². The maximum absolute atomic E-state index is 12.2. The van der Waals surface area contributed by atoms with Crippen molar-refractivity contribution < 1.29 is 4.79 Å². The maximum Gasteiger partial charge on any atom is 0.257 e. The summed E-state index contributed by atoms with van der Waals surface area (Å²) in [6, 6.07) is 10.8. The summed E-state index contributed by atoms with van der Waals surface area (Å²) in [4.78, 5) is 21.6. The molecular weight excluding hydrogens is 344 g/mol. The van der Waals surface area contributed by atoms with E-state index in [4.69, 9.17) is 11.6 Å². The van der Waals surface area contributed by atoms with Crippen molar-refractivity contribution in [2.45, 2.75) is 0 Å². The molecule has 0 spiro atoms. The fourth-order valence-electron chi connectivity index (χ4n) is 2.30. The second-order valence-corrected chi connectivity index (χ2v) is 6.38. The molecule has 4 rings (SSSR count). The van der Waals surface area contributed by atoms with Crippen LogP contribution in [0.5, 0.6) is 0 Å². The third-order valence-corrected chi connectivity index (χ3v) is 4.52. The Morgan fingerprint density at radius 1 is 1.17 bits per heavy atom. The summed E-state index contributed by atoms with van der Waals surface area (Å²) in [5, 5.41) is 5.19. The molecule has 1 N–H and O–H groups in total. The Balaban J connectivity index is 1.52. The Morgan fingerprint density at radius 3 is 2.71 bits per heavy atom. The van der Waals surface area contributed by atoms with Crippen molar-refractivity contribution >= 4 is 39.5 Å². The molecule has 0 unspecified atom stereocenters. The van der Waals surface area contributed by atoms with E-state index in [2.05, 4.69) is 15.3 Å². The van der Waals surface area contributed by atoms with E-state index in [1.165, 1.54) is 6.20 Å². The number of benzene rings is 1. The lowest BCUT2D eigenvalue weighted by Crippen LogP contribution is -2.11. The molecule has 0 fully saturated rings. The number of rotatable bonds is 3. The van der Waals surface area contributed by atoms with Crippen LogP contribution in [-0.2, 0) is 0 Å². The van der Waals surface area contributed by atoms with E-state index in [-0.39, 0.29) is 5.91 Å². The number of amides is 1. The highest BCUT2D eigenvalue weighted by Crippen LogP contribution is 2.23. The lowest BCUT2D eigenvalue weighted by molar-refractivity contribution is 0.102. The van der Waals surface area contributed by atoms with Gasteiger partial charge in [-0.1, -0.05) is 23.7 Å². The van der Waals surface area contributed by atoms with E-state index in [9.17, 15) is 4.79 Å². The molecule has 7 heteroatoms. The van der Waals surface area contributed by atoms with E-state index in [0.29, 0.717) is 16.4 Å². The van der Waals surface area contributed by atoms with Gasteiger partial charge in [-0.15, -0.1) is 11.3 Å². The van der Waals surface area contributed by atoms with Gasteiger partial charge in [0.15, 0.2) is 4.96 Å². The highest BCUT2D eigenvalue weighted by molar-refractivity contribution is 7.15. The molecule has 1 aromatic carbocycles. The Morgan fingerprint density at radius 2 is 2.00 bits per heavy atom. The average Bonchev–Trinajstić information content (AvgIpc) is 3.18. The van der Waals surface area contributed by atoms with Crippen LogP contribution in [0.25, 0.3) is 16.2 Å². The minimum absolute atomic E-state index is 0.227. The van der Waals surface area contributed by atoms with E-state index >= 15 is 0 Å². The molecule has 4 aromatic rings. The van der Waals surface area contributed by atoms with Gasteiger partial charge in [0.05, 0.1) is 11.3 Å². The SMILES string of the molecule is O=C(Nc1ccc(-c2cn3ccsc3n2)cc1)c1ccc(Cl)nc1. The third kappa shape index (κ3) is 2.89. The first-order valence-electron chi connectivity index (χ1n) is 7.14. The number of aromatic nitrogens is 3. The van der Waals surface area contributed by atoms with Crippen LogP contribution in [0.3, 0.4) is 0 Å². The number of pyridine rings is 1. The van der Waals surface area contributed by atoms with Gasteiger partial charge in [-0.25, -0.2) is 9.97 Å². The van der Waals surface area contributed by atoms with E-state index in [1.807, 2.05) is 46.4 Å². The topological polar surface area (TPSA) is 59.3 Å². The fraction of sp³-hybridized carbons (Fsp3) is 0. The molecule has 3 aromatic heterocycles. The zero-order valence-corrected chi connectivity index (χ0v) is 13.9. The van der Waals surface area contributed by atoms with Gasteiger partial charge in [0, 0.05) is 35.2 Å². The van der Waals surface area contributed by atoms with Crippen molar-refractivity contribution in [3.63, 3.8) is 0 Å². The Kier molecular flexibility index (Phi) is 3.76. The van der Waals surface area contributed by atoms with Gasteiger partial charge in [0.25, 0.3) is 5.91 Å². The summed E-state index contributed by atoms with van der Waals surface area (Å²) < 4.78 is 1.99. The number of imidazole rings is 1. The Hall–Kier alpha value is -2.70. The number of hydrogen-bond donors (Lipinski definition) is 1. The normalized spacial score (nSPS) is 10.9. The minimum Gasteiger partial charge on any atom is -0.322 e. The van der Waals surface area contributed by atoms with E-state index in [0.717, 1.165) is 16.2 Å². The average molecular weight is 355 g/mol. The number of fused-ring (bicyclic) bond motifs is 1. The smallest absolute Gasteiger partial charge is 0.257 e. The predicted octanol–water partition coefficient (Wildman–Crippen LogP) is 4.36. The van der Waals surface area contributed by atoms with Gasteiger partial charge >= 0.3 is 0 Å². The summed E-state index contributed by atoms with van der Waals surface area (Å²) in [5.41, 5.74) is 3.07. The molecule has 0 aliphatic carbocycles. The summed E-state index contributed by atoms with van der Waals surface area (Å²) in [6.07, 6.45) is 5.41. The summed E-state index contributed by atoms with van der Waals surface area (Å²) in [5.74, 6) is -0.227. The molecule has 5 nitrogen and oxygen atoms in total. The van der Waals surface area contributed by atoms with Gasteiger partial charge in [-0.2, -0.15) is 0 Å². The third-order valence-electron chi connectivity index (χ3n) is 3.52. The first-order chi connectivity index (χ1) is 11.7. The molecule has 0 saturated heterocycles. The molecule has 1 amide bonds. The largest absolute Gasteiger partial charge is 0.322 e. The second kappa shape index (κ2) is 6.07. The first kappa shape index (κ1) is 14.9. The maximum atomic E-state index is 12.2. The monoisotopic (exact) mass is 354 g/mol. The molecule has 0 radical (unpaired) electrons. The van der Waals surface area contributed by atoms with E-state index < -0.39 is 0 Å². The van der Waals surface area contributed by atoms with Gasteiger partial charge in [-0.3, -0.25) is 9.20 Å².